The van der Waals surface area contributed by atoms with Crippen LogP contribution < -0.4 is 24.8 Å². The maximum atomic E-state index is 15.0. The minimum Gasteiger partial charge on any atom is -0.477 e. The molecule has 4 amide bonds. The first-order valence-corrected chi connectivity index (χ1v) is 22.4. The maximum Gasteiger partial charge on any atom is 0.427 e. The number of halogens is 4. The van der Waals surface area contributed by atoms with E-state index in [2.05, 4.69) is 15.6 Å². The van der Waals surface area contributed by atoms with E-state index in [1.807, 2.05) is 42.0 Å². The Balaban J connectivity index is 1.25. The molecule has 1 aromatic carbocycles. The van der Waals surface area contributed by atoms with E-state index in [-0.39, 0.29) is 44.0 Å². The number of aryl methyl sites for hydroxylation is 1. The number of nitrogens with zero attached hydrogens (tertiary/aromatic N) is 2. The lowest BCUT2D eigenvalue weighted by atomic mass is 9.85. The Morgan fingerprint density at radius 1 is 1.11 bits per heavy atom. The zero-order valence-electron chi connectivity index (χ0n) is 34.6. The lowest BCUT2D eigenvalue weighted by molar-refractivity contribution is -0.244. The smallest absolute Gasteiger partial charge is 0.427 e. The maximum absolute atomic E-state index is 15.0. The Labute approximate surface area is 351 Å². The highest BCUT2D eigenvalue weighted by Gasteiger charge is 2.64. The van der Waals surface area contributed by atoms with Crippen molar-refractivity contribution >= 4 is 44.6 Å². The topological polar surface area (TPSA) is 182 Å². The molecule has 3 fully saturated rings. The normalized spacial score (nSPS) is 29.6. The molecule has 2 saturated carbocycles. The molecule has 14 nitrogen and oxygen atoms in total. The summed E-state index contributed by atoms with van der Waals surface area (Å²) < 4.78 is 99.5. The number of amides is 4. The molecule has 5 aliphatic rings. The highest BCUT2D eigenvalue weighted by molar-refractivity contribution is 7.91. The van der Waals surface area contributed by atoms with Gasteiger partial charge in [-0.15, -0.1) is 0 Å². The monoisotopic (exact) mass is 879 g/mol. The van der Waals surface area contributed by atoms with Gasteiger partial charge in [0.05, 0.1) is 13.2 Å². The van der Waals surface area contributed by atoms with E-state index in [0.29, 0.717) is 57.4 Å². The third-order valence-electron chi connectivity index (χ3n) is 13.0. The molecule has 1 saturated heterocycles. The van der Waals surface area contributed by atoms with Crippen molar-refractivity contribution in [1.82, 2.24) is 25.2 Å². The summed E-state index contributed by atoms with van der Waals surface area (Å²) in [6.07, 6.45) is -0.556. The lowest BCUT2D eigenvalue weighted by Gasteiger charge is -2.35. The number of hydrogen-bond donors (Lipinski definition) is 3. The molecule has 1 aromatic heterocycles. The second-order valence-corrected chi connectivity index (χ2v) is 19.8. The average Bonchev–Trinajstić information content (AvgIpc) is 4.11. The number of fused-ring (bicyclic) bond motifs is 5. The molecule has 0 spiro atoms. The Hall–Kier alpha value is -4.68. The van der Waals surface area contributed by atoms with E-state index in [1.165, 1.54) is 4.90 Å². The summed E-state index contributed by atoms with van der Waals surface area (Å²) in [5.74, 6) is -3.42. The van der Waals surface area contributed by atoms with Crippen LogP contribution in [0.4, 0.5) is 22.4 Å². The summed E-state index contributed by atoms with van der Waals surface area (Å²) in [5.41, 5.74) is -3.76. The van der Waals surface area contributed by atoms with Crippen molar-refractivity contribution < 1.29 is 59.4 Å². The number of aromatic nitrogens is 1. The van der Waals surface area contributed by atoms with Crippen LogP contribution in [0.5, 0.6) is 11.8 Å². The molecule has 2 aromatic rings. The summed E-state index contributed by atoms with van der Waals surface area (Å²) in [6, 6.07) is 4.59. The zero-order chi connectivity index (χ0) is 44.1. The van der Waals surface area contributed by atoms with Crippen molar-refractivity contribution in [1.29, 1.82) is 0 Å². The molecule has 334 valence electrons. The number of pyridine rings is 1. The van der Waals surface area contributed by atoms with Gasteiger partial charge in [-0.25, -0.2) is 17.6 Å². The second kappa shape index (κ2) is 16.5. The van der Waals surface area contributed by atoms with E-state index in [9.17, 15) is 45.2 Å². The van der Waals surface area contributed by atoms with Gasteiger partial charge in [-0.3, -0.25) is 19.1 Å². The molecule has 0 unspecified atom stereocenters. The van der Waals surface area contributed by atoms with Crippen LogP contribution in [0, 0.1) is 17.8 Å². The number of sulfonamides is 1. The molecule has 0 radical (unpaired) electrons. The van der Waals surface area contributed by atoms with Crippen molar-refractivity contribution in [3.8, 4) is 11.8 Å². The average molecular weight is 880 g/mol. The molecular weight excluding hydrogens is 827 g/mol. The Kier molecular flexibility index (Phi) is 12.0. The van der Waals surface area contributed by atoms with Gasteiger partial charge in [0, 0.05) is 23.3 Å². The van der Waals surface area contributed by atoms with Crippen LogP contribution in [0.15, 0.2) is 36.4 Å². The first kappa shape index (κ1) is 44.4. The number of carbonyl (C=O) groups excluding carboxylic acids is 4. The summed E-state index contributed by atoms with van der Waals surface area (Å²) in [4.78, 5) is 62.8. The third-order valence-corrected chi connectivity index (χ3v) is 15.1. The molecule has 7 atom stereocenters. The van der Waals surface area contributed by atoms with Gasteiger partial charge in [-0.05, 0) is 88.5 Å². The number of nitrogens with one attached hydrogen (secondary N) is 3. The predicted octanol–water partition coefficient (Wildman–Crippen LogP) is 5.57. The Morgan fingerprint density at radius 3 is 2.51 bits per heavy atom. The fraction of sp³-hybridized carbons (Fsp3) is 0.643. The van der Waals surface area contributed by atoms with Crippen LogP contribution in [-0.2, 0) is 35.6 Å². The fourth-order valence-electron chi connectivity index (χ4n) is 8.71. The standard InChI is InChI=1S/C42H53F4N5O9S/c1-5-25-19-24(2)11-6-7-12-26-21-41(26,37(54)50-61(56,57)40(23-43)16-17-40)49-33(52)31-20-27(22-51(31)36(53)32(25)47-38(55)60-39(3,4)42(44,45)46)59-35-30-14-9-8-13-28(30)29-15-10-18-58-34(29)48-35/h7-9,12-14,24-27,31-32H,5-6,10-11,15-23H2,1-4H3,(H,47,55)(H,49,52)(H,50,54)/b12-7-/t24-,25-,26-,27-,31+,32+,41-/m1/s1. The van der Waals surface area contributed by atoms with E-state index < -0.39 is 92.6 Å². The third kappa shape index (κ3) is 8.72. The second-order valence-electron chi connectivity index (χ2n) is 17.7. The summed E-state index contributed by atoms with van der Waals surface area (Å²) in [6.45, 7) is 4.12. The van der Waals surface area contributed by atoms with Crippen molar-refractivity contribution in [3.05, 3.63) is 42.0 Å². The van der Waals surface area contributed by atoms with Crippen LogP contribution in [0.3, 0.4) is 0 Å². The molecule has 19 heteroatoms. The van der Waals surface area contributed by atoms with Gasteiger partial charge in [0.15, 0.2) is 0 Å². The minimum absolute atomic E-state index is 0.0172. The van der Waals surface area contributed by atoms with Crippen molar-refractivity contribution in [3.63, 3.8) is 0 Å². The zero-order valence-corrected chi connectivity index (χ0v) is 35.4. The van der Waals surface area contributed by atoms with E-state index in [0.717, 1.165) is 23.8 Å². The number of benzene rings is 1. The molecule has 0 bridgehead atoms. The largest absolute Gasteiger partial charge is 0.477 e. The van der Waals surface area contributed by atoms with Crippen LogP contribution >= 0.6 is 0 Å². The molecule has 2 aliphatic carbocycles. The van der Waals surface area contributed by atoms with Gasteiger partial charge < -0.3 is 29.7 Å². The van der Waals surface area contributed by atoms with E-state index in [1.54, 1.807) is 13.0 Å². The van der Waals surface area contributed by atoms with E-state index in [4.69, 9.17) is 14.2 Å². The lowest BCUT2D eigenvalue weighted by Crippen LogP contribution is -2.60. The van der Waals surface area contributed by atoms with Gasteiger partial charge in [0.1, 0.15) is 35.1 Å². The molecule has 7 rings (SSSR count). The van der Waals surface area contributed by atoms with Crippen LogP contribution in [-0.4, -0.2) is 102 Å². The fourth-order valence-corrected chi connectivity index (χ4v) is 10.1. The number of carbonyl (C=O) groups is 4. The van der Waals surface area contributed by atoms with Gasteiger partial charge >= 0.3 is 12.3 Å². The molecule has 3 aliphatic heterocycles. The number of ether oxygens (including phenoxy) is 3. The molecule has 4 heterocycles. The van der Waals surface area contributed by atoms with Crippen LogP contribution in [0.2, 0.25) is 0 Å². The summed E-state index contributed by atoms with van der Waals surface area (Å²) >= 11 is 0. The first-order valence-electron chi connectivity index (χ1n) is 20.9. The minimum atomic E-state index is -4.93. The highest BCUT2D eigenvalue weighted by Crippen LogP contribution is 2.48. The quantitative estimate of drug-likeness (QED) is 0.213. The summed E-state index contributed by atoms with van der Waals surface area (Å²) in [5, 5.41) is 6.69. The van der Waals surface area contributed by atoms with Gasteiger partial charge in [0.2, 0.25) is 39.2 Å². The Bertz CT molecular complexity index is 2200. The van der Waals surface area contributed by atoms with Gasteiger partial charge in [-0.2, -0.15) is 18.2 Å². The summed E-state index contributed by atoms with van der Waals surface area (Å²) in [7, 11) is -4.47. The SMILES string of the molecule is CC[C@@H]1C[C@H](C)CC/C=C\[C@@H]2C[C@@]2(C(=O)NS(=O)(=O)C2(CF)CC2)NC(=O)[C@@H]2C[C@@H](Oc3nc4c(c5ccccc35)CCCO4)CN2C(=O)[C@H]1NC(=O)OC(C)(C)C(F)(F)F. The van der Waals surface area contributed by atoms with Crippen molar-refractivity contribution in [2.75, 3.05) is 19.8 Å². The van der Waals surface area contributed by atoms with Gasteiger partial charge in [-0.1, -0.05) is 50.6 Å². The van der Waals surface area contributed by atoms with Crippen LogP contribution in [0.1, 0.15) is 91.0 Å². The predicted molar refractivity (Wildman–Crippen MR) is 214 cm³/mol. The molecule has 61 heavy (non-hydrogen) atoms. The van der Waals surface area contributed by atoms with E-state index >= 15 is 0 Å². The van der Waals surface area contributed by atoms with Crippen LogP contribution in [0.25, 0.3) is 10.8 Å². The highest BCUT2D eigenvalue weighted by atomic mass is 32.2. The van der Waals surface area contributed by atoms with Crippen molar-refractivity contribution in [2.24, 2.45) is 17.8 Å². The first-order chi connectivity index (χ1) is 28.7. The molecular formula is C42H53F4N5O9S. The Morgan fingerprint density at radius 2 is 1.84 bits per heavy atom. The van der Waals surface area contributed by atoms with Gasteiger partial charge in [0.25, 0.3) is 5.91 Å². The van der Waals surface area contributed by atoms with Crippen molar-refractivity contribution in [2.45, 2.75) is 132 Å². The number of alkyl halides is 4. The number of hydrogen-bond acceptors (Lipinski definition) is 10. The molecule has 3 N–H and O–H groups in total. The number of allylic oxidation sites excluding steroid dienone is 1. The number of alkyl carbamates (subject to hydrolysis) is 1. The number of rotatable bonds is 9.